The Kier molecular flexibility index (Phi) is 5.44. The van der Waals surface area contributed by atoms with Gasteiger partial charge in [-0.05, 0) is 32.8 Å². The molecule has 0 N–H and O–H groups in total. The average molecular weight is 151 g/mol. The molecule has 0 saturated carbocycles. The maximum atomic E-state index is 4.10. The third kappa shape index (κ3) is 4.54. The third-order valence-corrected chi connectivity index (χ3v) is 1.71. The molecule has 0 aromatic rings. The molecule has 0 aromatic heterocycles. The van der Waals surface area contributed by atoms with Crippen LogP contribution in [0, 0.1) is 0 Å². The SMILES string of the molecule is C\C=C/N=C/C(C)=C(\C)CC. The molecule has 0 unspecified atom stereocenters. The Hall–Kier alpha value is -0.850. The zero-order valence-electron chi connectivity index (χ0n) is 7.89. The van der Waals surface area contributed by atoms with Gasteiger partial charge >= 0.3 is 0 Å². The van der Waals surface area contributed by atoms with Gasteiger partial charge in [0.15, 0.2) is 0 Å². The van der Waals surface area contributed by atoms with Crippen molar-refractivity contribution in [3.63, 3.8) is 0 Å². The van der Waals surface area contributed by atoms with E-state index in [1.807, 2.05) is 19.2 Å². The van der Waals surface area contributed by atoms with E-state index in [1.54, 1.807) is 6.20 Å². The highest BCUT2D eigenvalue weighted by molar-refractivity contribution is 5.79. The van der Waals surface area contributed by atoms with Crippen LogP contribution in [0.25, 0.3) is 0 Å². The third-order valence-electron chi connectivity index (χ3n) is 1.71. The van der Waals surface area contributed by atoms with Crippen molar-refractivity contribution < 1.29 is 0 Å². The van der Waals surface area contributed by atoms with E-state index < -0.39 is 0 Å². The van der Waals surface area contributed by atoms with E-state index in [-0.39, 0.29) is 0 Å². The normalized spacial score (nSPS) is 14.5. The highest BCUT2D eigenvalue weighted by Gasteiger charge is 1.88. The summed E-state index contributed by atoms with van der Waals surface area (Å²) in [5.41, 5.74) is 2.67. The fraction of sp³-hybridized carbons (Fsp3) is 0.500. The lowest BCUT2D eigenvalue weighted by Gasteiger charge is -1.96. The van der Waals surface area contributed by atoms with E-state index in [0.717, 1.165) is 6.42 Å². The first-order valence-corrected chi connectivity index (χ1v) is 4.03. The molecule has 62 valence electrons. The Bertz CT molecular complexity index is 185. The maximum Gasteiger partial charge on any atom is 0.0296 e. The van der Waals surface area contributed by atoms with Gasteiger partial charge in [0.1, 0.15) is 0 Å². The van der Waals surface area contributed by atoms with Crippen molar-refractivity contribution in [3.05, 3.63) is 23.4 Å². The molecular weight excluding hydrogens is 134 g/mol. The topological polar surface area (TPSA) is 12.4 Å². The molecule has 0 bridgehead atoms. The van der Waals surface area contributed by atoms with Gasteiger partial charge in [-0.25, -0.2) is 0 Å². The van der Waals surface area contributed by atoms with Gasteiger partial charge in [-0.15, -0.1) is 0 Å². The minimum absolute atomic E-state index is 1.10. The quantitative estimate of drug-likeness (QED) is 0.548. The number of hydrogen-bond donors (Lipinski definition) is 0. The standard InChI is InChI=1S/C10H17N/c1-5-7-11-8-10(4)9(3)6-2/h5,7-8H,6H2,1-4H3/b7-5-,10-9+,11-8+. The number of nitrogens with zero attached hydrogens (tertiary/aromatic N) is 1. The molecule has 0 spiro atoms. The van der Waals surface area contributed by atoms with Crippen molar-refractivity contribution in [2.75, 3.05) is 0 Å². The van der Waals surface area contributed by atoms with Gasteiger partial charge in [-0.3, -0.25) is 4.99 Å². The molecule has 0 aliphatic rings. The predicted molar refractivity (Wildman–Crippen MR) is 52.0 cm³/mol. The molecule has 0 aromatic carbocycles. The van der Waals surface area contributed by atoms with Crippen LogP contribution in [0.1, 0.15) is 34.1 Å². The van der Waals surface area contributed by atoms with Crippen molar-refractivity contribution in [1.29, 1.82) is 0 Å². The summed E-state index contributed by atoms with van der Waals surface area (Å²) >= 11 is 0. The first kappa shape index (κ1) is 10.2. The maximum absolute atomic E-state index is 4.10. The van der Waals surface area contributed by atoms with Crippen LogP contribution < -0.4 is 0 Å². The van der Waals surface area contributed by atoms with Crippen LogP contribution in [0.5, 0.6) is 0 Å². The zero-order valence-corrected chi connectivity index (χ0v) is 7.89. The van der Waals surface area contributed by atoms with Gasteiger partial charge < -0.3 is 0 Å². The lowest BCUT2D eigenvalue weighted by molar-refractivity contribution is 1.08. The molecule has 0 aliphatic carbocycles. The van der Waals surface area contributed by atoms with E-state index in [0.29, 0.717) is 0 Å². The largest absolute Gasteiger partial charge is 0.265 e. The summed E-state index contributed by atoms with van der Waals surface area (Å²) in [6.07, 6.45) is 6.73. The molecule has 0 fully saturated rings. The summed E-state index contributed by atoms with van der Waals surface area (Å²) in [5.74, 6) is 0. The number of rotatable bonds is 3. The minimum atomic E-state index is 1.10. The smallest absolute Gasteiger partial charge is 0.0296 e. The highest BCUT2D eigenvalue weighted by Crippen LogP contribution is 2.04. The Morgan fingerprint density at radius 3 is 2.45 bits per heavy atom. The lowest BCUT2D eigenvalue weighted by atomic mass is 10.1. The zero-order chi connectivity index (χ0) is 8.69. The van der Waals surface area contributed by atoms with E-state index >= 15 is 0 Å². The van der Waals surface area contributed by atoms with Crippen molar-refractivity contribution in [3.8, 4) is 0 Å². The summed E-state index contributed by atoms with van der Waals surface area (Å²) in [6.45, 7) is 8.34. The number of hydrogen-bond acceptors (Lipinski definition) is 1. The molecule has 0 amide bonds. The second kappa shape index (κ2) is 5.90. The second-order valence-corrected chi connectivity index (χ2v) is 2.58. The van der Waals surface area contributed by atoms with Crippen LogP contribution in [-0.2, 0) is 0 Å². The molecule has 1 nitrogen and oxygen atoms in total. The molecule has 0 rings (SSSR count). The molecule has 0 aliphatic heterocycles. The second-order valence-electron chi connectivity index (χ2n) is 2.58. The van der Waals surface area contributed by atoms with Crippen molar-refractivity contribution in [2.24, 2.45) is 4.99 Å². The fourth-order valence-electron chi connectivity index (χ4n) is 0.630. The first-order valence-electron chi connectivity index (χ1n) is 4.03. The molecule has 11 heavy (non-hydrogen) atoms. The predicted octanol–water partition coefficient (Wildman–Crippen LogP) is 3.34. The Labute approximate surface area is 69.5 Å². The molecule has 0 radical (unpaired) electrons. The highest BCUT2D eigenvalue weighted by atomic mass is 14.7. The van der Waals surface area contributed by atoms with E-state index in [2.05, 4.69) is 25.8 Å². The van der Waals surface area contributed by atoms with Crippen LogP contribution in [-0.4, -0.2) is 6.21 Å². The summed E-state index contributed by atoms with van der Waals surface area (Å²) in [5, 5.41) is 0. The van der Waals surface area contributed by atoms with Crippen molar-refractivity contribution in [1.82, 2.24) is 0 Å². The summed E-state index contributed by atoms with van der Waals surface area (Å²) in [6, 6.07) is 0. The van der Waals surface area contributed by atoms with Gasteiger partial charge in [0.25, 0.3) is 0 Å². The average Bonchev–Trinajstić information content (AvgIpc) is 2.03. The van der Waals surface area contributed by atoms with Crippen LogP contribution in [0.2, 0.25) is 0 Å². The van der Waals surface area contributed by atoms with Crippen molar-refractivity contribution >= 4 is 6.21 Å². The van der Waals surface area contributed by atoms with Crippen LogP contribution in [0.15, 0.2) is 28.4 Å². The first-order chi connectivity index (χ1) is 5.22. The van der Waals surface area contributed by atoms with E-state index in [1.165, 1.54) is 11.1 Å². The van der Waals surface area contributed by atoms with Gasteiger partial charge in [-0.2, -0.15) is 0 Å². The monoisotopic (exact) mass is 151 g/mol. The minimum Gasteiger partial charge on any atom is -0.265 e. The molecule has 0 heterocycles. The van der Waals surface area contributed by atoms with Gasteiger partial charge in [-0.1, -0.05) is 18.6 Å². The van der Waals surface area contributed by atoms with Gasteiger partial charge in [0.2, 0.25) is 0 Å². The Morgan fingerprint density at radius 2 is 2.00 bits per heavy atom. The van der Waals surface area contributed by atoms with E-state index in [9.17, 15) is 0 Å². The van der Waals surface area contributed by atoms with Crippen LogP contribution in [0.3, 0.4) is 0 Å². The van der Waals surface area contributed by atoms with E-state index in [4.69, 9.17) is 0 Å². The van der Waals surface area contributed by atoms with Crippen LogP contribution >= 0.6 is 0 Å². The van der Waals surface area contributed by atoms with Crippen molar-refractivity contribution in [2.45, 2.75) is 34.1 Å². The fourth-order valence-corrected chi connectivity index (χ4v) is 0.630. The summed E-state index contributed by atoms with van der Waals surface area (Å²) in [7, 11) is 0. The van der Waals surface area contributed by atoms with Gasteiger partial charge in [0.05, 0.1) is 0 Å². The summed E-state index contributed by atoms with van der Waals surface area (Å²) in [4.78, 5) is 4.10. The Balaban J connectivity index is 4.14. The molecule has 0 saturated heterocycles. The van der Waals surface area contributed by atoms with Crippen LogP contribution in [0.4, 0.5) is 0 Å². The lowest BCUT2D eigenvalue weighted by Crippen LogP contribution is -1.82. The number of allylic oxidation sites excluding steroid dienone is 3. The molecule has 0 atom stereocenters. The number of aliphatic imine (C=N–C) groups is 1. The molecular formula is C10H17N. The summed E-state index contributed by atoms with van der Waals surface area (Å²) < 4.78 is 0. The van der Waals surface area contributed by atoms with Gasteiger partial charge in [0, 0.05) is 12.4 Å². The molecule has 1 heteroatoms. The Morgan fingerprint density at radius 1 is 1.36 bits per heavy atom.